The number of ether oxygens (including phenoxy) is 1. The summed E-state index contributed by atoms with van der Waals surface area (Å²) in [6.07, 6.45) is -0.0462. The van der Waals surface area contributed by atoms with E-state index in [-0.39, 0.29) is 15.8 Å². The minimum atomic E-state index is -0.382. The van der Waals surface area contributed by atoms with Gasteiger partial charge in [-0.15, -0.1) is 0 Å². The van der Waals surface area contributed by atoms with E-state index < -0.39 is 0 Å². The Morgan fingerprint density at radius 2 is 1.89 bits per heavy atom. The molecule has 0 fully saturated rings. The number of esters is 1. The Morgan fingerprint density at radius 1 is 1.44 bits per heavy atom. The number of halogens is 2. The van der Waals surface area contributed by atoms with Crippen molar-refractivity contribution in [3.05, 3.63) is 0 Å². The Labute approximate surface area is 71.2 Å². The molecule has 0 aliphatic carbocycles. The lowest BCUT2D eigenvalue weighted by atomic mass is 10.5. The molecule has 0 aliphatic heterocycles. The second-order valence-corrected chi connectivity index (χ2v) is 4.85. The van der Waals surface area contributed by atoms with Gasteiger partial charge in [-0.25, -0.2) is 4.79 Å². The molecule has 0 amide bonds. The van der Waals surface area contributed by atoms with Crippen LogP contribution in [0.25, 0.3) is 0 Å². The first-order valence-corrected chi connectivity index (χ1v) is 4.36. The normalized spacial score (nSPS) is 10.4. The molecule has 0 unspecified atom stereocenters. The molecule has 0 aromatic heterocycles. The number of rotatable bonds is 2. The largest absolute Gasteiger partial charge is 0.462 e. The highest BCUT2D eigenvalue weighted by Crippen LogP contribution is 2.10. The molecule has 0 N–H and O–H groups in total. The predicted octanol–water partition coefficient (Wildman–Crippen LogP) is 2.05. The highest BCUT2D eigenvalue weighted by Gasteiger charge is 2.12. The van der Waals surface area contributed by atoms with Crippen LogP contribution in [0.15, 0.2) is 0 Å². The van der Waals surface area contributed by atoms with Crippen molar-refractivity contribution in [3.63, 3.8) is 0 Å². The van der Waals surface area contributed by atoms with Crippen LogP contribution in [0, 0.1) is 0 Å². The first-order chi connectivity index (χ1) is 4.04. The lowest BCUT2D eigenvalue weighted by Gasteiger charge is -2.07. The van der Waals surface area contributed by atoms with Crippen LogP contribution in [0.5, 0.6) is 0 Å². The Morgan fingerprint density at radius 3 is 2.00 bits per heavy atom. The van der Waals surface area contributed by atoms with E-state index >= 15 is 0 Å². The van der Waals surface area contributed by atoms with E-state index in [2.05, 4.69) is 31.9 Å². The van der Waals surface area contributed by atoms with Crippen molar-refractivity contribution in [2.45, 2.75) is 23.7 Å². The van der Waals surface area contributed by atoms with Gasteiger partial charge < -0.3 is 4.74 Å². The number of carbonyl (C=O) groups excluding carboxylic acids is 1. The van der Waals surface area contributed by atoms with Crippen LogP contribution in [0.3, 0.4) is 0 Å². The lowest BCUT2D eigenvalue weighted by molar-refractivity contribution is -0.144. The fraction of sp³-hybridized carbons (Fsp3) is 0.800. The molecule has 0 radical (unpaired) electrons. The van der Waals surface area contributed by atoms with Crippen LogP contribution in [-0.2, 0) is 9.53 Å². The number of alkyl halides is 2. The van der Waals surface area contributed by atoms with E-state index in [4.69, 9.17) is 4.74 Å². The van der Waals surface area contributed by atoms with Crippen LogP contribution in [0.4, 0.5) is 0 Å². The quantitative estimate of drug-likeness (QED) is 0.561. The standard InChI is InChI=1S/C5H8Br2O2/c1-3(2)9-5(8)4(6)7/h3-4H,1-2H3. The molecule has 0 saturated carbocycles. The number of hydrogen-bond donors (Lipinski definition) is 0. The van der Waals surface area contributed by atoms with Crippen molar-refractivity contribution < 1.29 is 9.53 Å². The summed E-state index contributed by atoms with van der Waals surface area (Å²) in [6, 6.07) is 0. The molecule has 0 atom stereocenters. The van der Waals surface area contributed by atoms with Crippen molar-refractivity contribution in [2.24, 2.45) is 0 Å². The van der Waals surface area contributed by atoms with E-state index in [1.165, 1.54) is 0 Å². The smallest absolute Gasteiger partial charge is 0.330 e. The van der Waals surface area contributed by atoms with E-state index in [1.807, 2.05) is 0 Å². The van der Waals surface area contributed by atoms with Crippen LogP contribution in [0.2, 0.25) is 0 Å². The summed E-state index contributed by atoms with van der Waals surface area (Å²) < 4.78 is 4.40. The maximum absolute atomic E-state index is 10.6. The third-order valence-electron chi connectivity index (χ3n) is 0.530. The fourth-order valence-corrected chi connectivity index (χ4v) is 0.500. The van der Waals surface area contributed by atoms with Crippen molar-refractivity contribution in [3.8, 4) is 0 Å². The Kier molecular flexibility index (Phi) is 4.48. The topological polar surface area (TPSA) is 26.3 Å². The van der Waals surface area contributed by atoms with Crippen LogP contribution in [-0.4, -0.2) is 15.8 Å². The molecule has 0 saturated heterocycles. The maximum atomic E-state index is 10.6. The van der Waals surface area contributed by atoms with Gasteiger partial charge in [0.05, 0.1) is 6.10 Å². The third kappa shape index (κ3) is 4.90. The summed E-state index contributed by atoms with van der Waals surface area (Å²) in [6.45, 7) is 3.61. The first kappa shape index (κ1) is 9.43. The zero-order valence-corrected chi connectivity index (χ0v) is 8.40. The highest BCUT2D eigenvalue weighted by atomic mass is 79.9. The molecule has 0 aromatic rings. The molecule has 0 heterocycles. The van der Waals surface area contributed by atoms with Gasteiger partial charge in [-0.05, 0) is 13.8 Å². The van der Waals surface area contributed by atoms with Crippen LogP contribution < -0.4 is 0 Å². The Bertz CT molecular complexity index is 101. The van der Waals surface area contributed by atoms with Gasteiger partial charge in [-0.2, -0.15) is 0 Å². The van der Waals surface area contributed by atoms with Gasteiger partial charge in [-0.1, -0.05) is 31.9 Å². The van der Waals surface area contributed by atoms with E-state index in [1.54, 1.807) is 13.8 Å². The summed E-state index contributed by atoms with van der Waals surface area (Å²) in [5.74, 6) is -0.287. The van der Waals surface area contributed by atoms with Gasteiger partial charge in [0.1, 0.15) is 0 Å². The van der Waals surface area contributed by atoms with Crippen molar-refractivity contribution in [1.82, 2.24) is 0 Å². The predicted molar refractivity (Wildman–Crippen MR) is 42.9 cm³/mol. The van der Waals surface area contributed by atoms with Gasteiger partial charge in [-0.3, -0.25) is 0 Å². The minimum Gasteiger partial charge on any atom is -0.462 e. The molecule has 0 aromatic carbocycles. The van der Waals surface area contributed by atoms with Gasteiger partial charge >= 0.3 is 5.97 Å². The van der Waals surface area contributed by atoms with Crippen LogP contribution in [0.1, 0.15) is 13.8 Å². The molecular formula is C5H8Br2O2. The average molecular weight is 260 g/mol. The molecule has 0 aliphatic rings. The summed E-state index contributed by atoms with van der Waals surface area (Å²) in [5.41, 5.74) is 0. The van der Waals surface area contributed by atoms with Crippen LogP contribution >= 0.6 is 31.9 Å². The van der Waals surface area contributed by atoms with E-state index in [0.717, 1.165) is 0 Å². The number of carbonyl (C=O) groups is 1. The van der Waals surface area contributed by atoms with E-state index in [0.29, 0.717) is 0 Å². The minimum absolute atomic E-state index is 0.0462. The Hall–Kier alpha value is 0.430. The van der Waals surface area contributed by atoms with Crippen molar-refractivity contribution in [2.75, 3.05) is 0 Å². The second kappa shape index (κ2) is 4.28. The summed E-state index contributed by atoms with van der Waals surface area (Å²) >= 11 is 6.02. The van der Waals surface area contributed by atoms with Gasteiger partial charge in [0, 0.05) is 0 Å². The van der Waals surface area contributed by atoms with Crippen molar-refractivity contribution in [1.29, 1.82) is 0 Å². The fourth-order valence-electron chi connectivity index (χ4n) is 0.284. The van der Waals surface area contributed by atoms with E-state index in [9.17, 15) is 4.79 Å². The van der Waals surface area contributed by atoms with Gasteiger partial charge in [0.25, 0.3) is 0 Å². The first-order valence-electron chi connectivity index (χ1n) is 2.52. The molecule has 54 valence electrons. The highest BCUT2D eigenvalue weighted by molar-refractivity contribution is 9.25. The number of hydrogen-bond acceptors (Lipinski definition) is 2. The molecule has 9 heavy (non-hydrogen) atoms. The third-order valence-corrected chi connectivity index (χ3v) is 1.28. The summed E-state index contributed by atoms with van der Waals surface area (Å²) in [4.78, 5) is 10.6. The second-order valence-electron chi connectivity index (χ2n) is 1.79. The van der Waals surface area contributed by atoms with Gasteiger partial charge in [0.15, 0.2) is 3.74 Å². The molecule has 4 heteroatoms. The molecule has 0 bridgehead atoms. The molecule has 2 nitrogen and oxygen atoms in total. The molecule has 0 spiro atoms. The average Bonchev–Trinajstić information content (AvgIpc) is 1.63. The molecule has 0 rings (SSSR count). The zero-order valence-electron chi connectivity index (χ0n) is 5.23. The monoisotopic (exact) mass is 258 g/mol. The van der Waals surface area contributed by atoms with Gasteiger partial charge in [0.2, 0.25) is 0 Å². The SMILES string of the molecule is CC(C)OC(=O)C(Br)Br. The zero-order chi connectivity index (χ0) is 7.44. The molecular weight excluding hydrogens is 252 g/mol. The maximum Gasteiger partial charge on any atom is 0.330 e. The lowest BCUT2D eigenvalue weighted by Crippen LogP contribution is -2.16. The summed E-state index contributed by atoms with van der Waals surface area (Å²) in [5, 5.41) is 0. The summed E-state index contributed by atoms with van der Waals surface area (Å²) in [7, 11) is 0. The Balaban J connectivity index is 3.51. The van der Waals surface area contributed by atoms with Crippen molar-refractivity contribution >= 4 is 37.8 Å².